The van der Waals surface area contributed by atoms with Crippen molar-refractivity contribution in [2.24, 2.45) is 0 Å². The first-order valence-corrected chi connectivity index (χ1v) is 8.85. The SMILES string of the molecule is CCCC/C=C(/CCCC)Oc1ccc(-c2ccccc2)cc1. The van der Waals surface area contributed by atoms with Gasteiger partial charge in [-0.05, 0) is 48.6 Å². The minimum atomic E-state index is 0.934. The van der Waals surface area contributed by atoms with Crippen LogP contribution in [0.25, 0.3) is 11.1 Å². The van der Waals surface area contributed by atoms with Crippen LogP contribution in [0.4, 0.5) is 0 Å². The van der Waals surface area contributed by atoms with E-state index in [1.54, 1.807) is 0 Å². The minimum Gasteiger partial charge on any atom is -0.462 e. The van der Waals surface area contributed by atoms with Crippen LogP contribution in [-0.4, -0.2) is 0 Å². The van der Waals surface area contributed by atoms with Crippen LogP contribution >= 0.6 is 0 Å². The number of unbranched alkanes of at least 4 members (excludes halogenated alkanes) is 3. The Hall–Kier alpha value is -2.02. The van der Waals surface area contributed by atoms with Gasteiger partial charge in [0.15, 0.2) is 0 Å². The van der Waals surface area contributed by atoms with Gasteiger partial charge >= 0.3 is 0 Å². The third-order valence-corrected chi connectivity index (χ3v) is 3.92. The number of allylic oxidation sites excluding steroid dienone is 2. The normalized spacial score (nSPS) is 11.5. The summed E-state index contributed by atoms with van der Waals surface area (Å²) in [5, 5.41) is 0. The first kappa shape index (κ1) is 17.3. The molecule has 0 aliphatic carbocycles. The van der Waals surface area contributed by atoms with E-state index in [0.717, 1.165) is 24.4 Å². The van der Waals surface area contributed by atoms with Crippen LogP contribution in [0.5, 0.6) is 5.75 Å². The van der Waals surface area contributed by atoms with Crippen molar-refractivity contribution < 1.29 is 4.74 Å². The van der Waals surface area contributed by atoms with E-state index in [0.29, 0.717) is 0 Å². The topological polar surface area (TPSA) is 9.23 Å². The molecule has 0 aliphatic heterocycles. The Morgan fingerprint density at radius 2 is 1.48 bits per heavy atom. The molecule has 2 rings (SSSR count). The van der Waals surface area contributed by atoms with Gasteiger partial charge in [-0.1, -0.05) is 69.2 Å². The van der Waals surface area contributed by atoms with E-state index in [2.05, 4.69) is 68.5 Å². The van der Waals surface area contributed by atoms with Crippen LogP contribution in [-0.2, 0) is 0 Å². The zero-order valence-electron chi connectivity index (χ0n) is 14.4. The molecule has 2 aromatic carbocycles. The van der Waals surface area contributed by atoms with Gasteiger partial charge in [-0.3, -0.25) is 0 Å². The second-order valence-electron chi connectivity index (χ2n) is 5.91. The first-order chi connectivity index (χ1) is 11.3. The van der Waals surface area contributed by atoms with E-state index in [4.69, 9.17) is 4.74 Å². The van der Waals surface area contributed by atoms with Gasteiger partial charge in [-0.15, -0.1) is 0 Å². The molecule has 1 nitrogen and oxygen atoms in total. The van der Waals surface area contributed by atoms with E-state index < -0.39 is 0 Å². The molecule has 0 saturated carbocycles. The fourth-order valence-corrected chi connectivity index (χ4v) is 2.51. The van der Waals surface area contributed by atoms with E-state index in [1.807, 2.05) is 6.07 Å². The van der Waals surface area contributed by atoms with E-state index in [9.17, 15) is 0 Å². The number of hydrogen-bond donors (Lipinski definition) is 0. The maximum atomic E-state index is 6.12. The molecule has 1 heteroatoms. The average Bonchev–Trinajstić information content (AvgIpc) is 2.61. The summed E-state index contributed by atoms with van der Waals surface area (Å²) in [6.45, 7) is 4.45. The highest BCUT2D eigenvalue weighted by atomic mass is 16.5. The molecule has 23 heavy (non-hydrogen) atoms. The fourth-order valence-electron chi connectivity index (χ4n) is 2.51. The van der Waals surface area contributed by atoms with Crippen LogP contribution in [0.1, 0.15) is 52.4 Å². The van der Waals surface area contributed by atoms with Gasteiger partial charge in [-0.25, -0.2) is 0 Å². The molecule has 0 fully saturated rings. The van der Waals surface area contributed by atoms with E-state index in [-0.39, 0.29) is 0 Å². The Balaban J connectivity index is 2.03. The van der Waals surface area contributed by atoms with Gasteiger partial charge < -0.3 is 4.74 Å². The molecular formula is C22H28O. The van der Waals surface area contributed by atoms with Crippen molar-refractivity contribution in [2.75, 3.05) is 0 Å². The Morgan fingerprint density at radius 1 is 0.826 bits per heavy atom. The molecule has 0 unspecified atom stereocenters. The maximum Gasteiger partial charge on any atom is 0.126 e. The van der Waals surface area contributed by atoms with Gasteiger partial charge in [0.1, 0.15) is 11.5 Å². The van der Waals surface area contributed by atoms with Crippen LogP contribution in [0.15, 0.2) is 66.4 Å². The van der Waals surface area contributed by atoms with Gasteiger partial charge in [0.25, 0.3) is 0 Å². The zero-order chi connectivity index (χ0) is 16.3. The molecule has 0 bridgehead atoms. The molecule has 0 radical (unpaired) electrons. The molecule has 0 aromatic heterocycles. The number of ether oxygens (including phenoxy) is 1. The molecule has 2 aromatic rings. The Kier molecular flexibility index (Phi) is 7.45. The van der Waals surface area contributed by atoms with Crippen LogP contribution in [0.2, 0.25) is 0 Å². The van der Waals surface area contributed by atoms with Crippen LogP contribution in [0.3, 0.4) is 0 Å². The molecular weight excluding hydrogens is 280 g/mol. The Bertz CT molecular complexity index is 581. The van der Waals surface area contributed by atoms with Crippen molar-refractivity contribution in [2.45, 2.75) is 52.4 Å². The van der Waals surface area contributed by atoms with Crippen molar-refractivity contribution >= 4 is 0 Å². The predicted molar refractivity (Wildman–Crippen MR) is 99.6 cm³/mol. The summed E-state index contributed by atoms with van der Waals surface area (Å²) >= 11 is 0. The molecule has 122 valence electrons. The lowest BCUT2D eigenvalue weighted by Crippen LogP contribution is -1.96. The summed E-state index contributed by atoms with van der Waals surface area (Å²) in [5.74, 6) is 2.05. The molecule has 0 atom stereocenters. The first-order valence-electron chi connectivity index (χ1n) is 8.85. The molecule has 0 aliphatic rings. The smallest absolute Gasteiger partial charge is 0.126 e. The van der Waals surface area contributed by atoms with E-state index in [1.165, 1.54) is 36.8 Å². The summed E-state index contributed by atoms with van der Waals surface area (Å²) in [7, 11) is 0. The standard InChI is InChI=1S/C22H28O/c1-3-5-8-14-21(13-6-4-2)23-22-17-15-20(16-18-22)19-11-9-7-10-12-19/h7,9-12,14-18H,3-6,8,13H2,1-2H3/b21-14-. The monoisotopic (exact) mass is 308 g/mol. The lowest BCUT2D eigenvalue weighted by molar-refractivity contribution is 0.395. The predicted octanol–water partition coefficient (Wildman–Crippen LogP) is 7.00. The number of rotatable bonds is 9. The summed E-state index contributed by atoms with van der Waals surface area (Å²) in [5.41, 5.74) is 2.46. The Labute approximate surface area is 141 Å². The lowest BCUT2D eigenvalue weighted by Gasteiger charge is -2.11. The Morgan fingerprint density at radius 3 is 2.13 bits per heavy atom. The van der Waals surface area contributed by atoms with Crippen molar-refractivity contribution in [1.82, 2.24) is 0 Å². The van der Waals surface area contributed by atoms with Gasteiger partial charge in [0.2, 0.25) is 0 Å². The van der Waals surface area contributed by atoms with Crippen molar-refractivity contribution in [1.29, 1.82) is 0 Å². The summed E-state index contributed by atoms with van der Waals surface area (Å²) < 4.78 is 6.12. The van der Waals surface area contributed by atoms with Gasteiger partial charge in [-0.2, -0.15) is 0 Å². The van der Waals surface area contributed by atoms with Crippen molar-refractivity contribution in [3.8, 4) is 16.9 Å². The largest absolute Gasteiger partial charge is 0.462 e. The zero-order valence-corrected chi connectivity index (χ0v) is 14.4. The lowest BCUT2D eigenvalue weighted by atomic mass is 10.1. The van der Waals surface area contributed by atoms with Crippen LogP contribution in [0, 0.1) is 0 Å². The summed E-state index contributed by atoms with van der Waals surface area (Å²) in [6.07, 6.45) is 9.24. The average molecular weight is 308 g/mol. The van der Waals surface area contributed by atoms with E-state index >= 15 is 0 Å². The van der Waals surface area contributed by atoms with Crippen LogP contribution < -0.4 is 4.74 Å². The summed E-state index contributed by atoms with van der Waals surface area (Å²) in [4.78, 5) is 0. The molecule has 0 saturated heterocycles. The molecule has 0 heterocycles. The van der Waals surface area contributed by atoms with Gasteiger partial charge in [0, 0.05) is 6.42 Å². The third-order valence-electron chi connectivity index (χ3n) is 3.92. The highest BCUT2D eigenvalue weighted by molar-refractivity contribution is 5.63. The fraction of sp³-hybridized carbons (Fsp3) is 0.364. The molecule has 0 amide bonds. The third kappa shape index (κ3) is 5.94. The molecule has 0 spiro atoms. The second-order valence-corrected chi connectivity index (χ2v) is 5.91. The number of benzene rings is 2. The maximum absolute atomic E-state index is 6.12. The highest BCUT2D eigenvalue weighted by Crippen LogP contribution is 2.24. The number of hydrogen-bond acceptors (Lipinski definition) is 1. The highest BCUT2D eigenvalue weighted by Gasteiger charge is 2.02. The van der Waals surface area contributed by atoms with Crippen molar-refractivity contribution in [3.63, 3.8) is 0 Å². The quantitative estimate of drug-likeness (QED) is 0.358. The summed E-state index contributed by atoms with van der Waals surface area (Å²) in [6, 6.07) is 18.9. The van der Waals surface area contributed by atoms with Gasteiger partial charge in [0.05, 0.1) is 0 Å². The minimum absolute atomic E-state index is 0.934. The molecule has 0 N–H and O–H groups in total. The second kappa shape index (κ2) is 9.89. The van der Waals surface area contributed by atoms with Crippen molar-refractivity contribution in [3.05, 3.63) is 66.4 Å².